The predicted molar refractivity (Wildman–Crippen MR) is 129 cm³/mol. The number of imidazole rings is 1. The van der Waals surface area contributed by atoms with Gasteiger partial charge in [-0.2, -0.15) is 0 Å². The zero-order chi connectivity index (χ0) is 23.7. The number of anilines is 1. The van der Waals surface area contributed by atoms with Gasteiger partial charge in [-0.1, -0.05) is 11.3 Å². The van der Waals surface area contributed by atoms with Crippen molar-refractivity contribution in [1.29, 1.82) is 0 Å². The van der Waals surface area contributed by atoms with E-state index in [9.17, 15) is 9.59 Å². The van der Waals surface area contributed by atoms with Crippen molar-refractivity contribution in [3.8, 4) is 17.1 Å². The number of amides is 1. The van der Waals surface area contributed by atoms with E-state index >= 15 is 0 Å². The van der Waals surface area contributed by atoms with E-state index in [0.29, 0.717) is 33.3 Å². The maximum atomic E-state index is 12.7. The average Bonchev–Trinajstić information content (AvgIpc) is 3.46. The van der Waals surface area contributed by atoms with Crippen LogP contribution in [0.2, 0.25) is 0 Å². The Labute approximate surface area is 197 Å². The van der Waals surface area contributed by atoms with Gasteiger partial charge < -0.3 is 14.5 Å². The Morgan fingerprint density at radius 3 is 2.74 bits per heavy atom. The number of aromatic amines is 1. The van der Waals surface area contributed by atoms with Gasteiger partial charge in [-0.3, -0.25) is 15.1 Å². The minimum Gasteiger partial charge on any atom is -0.497 e. The normalized spacial score (nSPS) is 11.9. The van der Waals surface area contributed by atoms with Crippen LogP contribution in [0.5, 0.6) is 5.75 Å². The highest BCUT2D eigenvalue weighted by molar-refractivity contribution is 7.22. The van der Waals surface area contributed by atoms with Crippen molar-refractivity contribution in [2.24, 2.45) is 0 Å². The zero-order valence-corrected chi connectivity index (χ0v) is 19.1. The van der Waals surface area contributed by atoms with Crippen molar-refractivity contribution in [2.45, 2.75) is 13.0 Å². The van der Waals surface area contributed by atoms with E-state index < -0.39 is 18.0 Å². The third kappa shape index (κ3) is 4.30. The summed E-state index contributed by atoms with van der Waals surface area (Å²) < 4.78 is 11.5. The molecule has 0 radical (unpaired) electrons. The van der Waals surface area contributed by atoms with Crippen LogP contribution in [0, 0.1) is 0 Å². The van der Waals surface area contributed by atoms with Crippen LogP contribution >= 0.6 is 11.3 Å². The third-order valence-corrected chi connectivity index (χ3v) is 6.06. The van der Waals surface area contributed by atoms with Gasteiger partial charge in [0.25, 0.3) is 5.91 Å². The van der Waals surface area contributed by atoms with E-state index in [0.717, 1.165) is 15.8 Å². The number of benzene rings is 2. The number of ether oxygens (including phenoxy) is 2. The number of nitrogens with one attached hydrogen (secondary N) is 2. The van der Waals surface area contributed by atoms with E-state index in [-0.39, 0.29) is 0 Å². The summed E-state index contributed by atoms with van der Waals surface area (Å²) in [4.78, 5) is 41.4. The van der Waals surface area contributed by atoms with Gasteiger partial charge in [0.15, 0.2) is 11.2 Å². The maximum absolute atomic E-state index is 12.7. The Morgan fingerprint density at radius 1 is 1.09 bits per heavy atom. The lowest BCUT2D eigenvalue weighted by Gasteiger charge is -2.12. The van der Waals surface area contributed by atoms with Gasteiger partial charge in [0.05, 0.1) is 33.9 Å². The van der Waals surface area contributed by atoms with E-state index in [1.54, 1.807) is 43.8 Å². The summed E-state index contributed by atoms with van der Waals surface area (Å²) >= 11 is 1.31. The molecule has 5 aromatic rings. The molecule has 0 saturated heterocycles. The van der Waals surface area contributed by atoms with E-state index in [1.807, 2.05) is 24.3 Å². The molecule has 3 heterocycles. The Bertz CT molecular complexity index is 1510. The van der Waals surface area contributed by atoms with Crippen molar-refractivity contribution < 1.29 is 19.1 Å². The number of aromatic nitrogens is 4. The zero-order valence-electron chi connectivity index (χ0n) is 18.2. The number of rotatable bonds is 6. The molecule has 0 bridgehead atoms. The first-order valence-electron chi connectivity index (χ1n) is 10.4. The van der Waals surface area contributed by atoms with Gasteiger partial charge in [-0.25, -0.2) is 14.8 Å². The first kappa shape index (κ1) is 21.5. The molecule has 170 valence electrons. The van der Waals surface area contributed by atoms with Gasteiger partial charge in [0, 0.05) is 18.0 Å². The first-order valence-corrected chi connectivity index (χ1v) is 11.2. The van der Waals surface area contributed by atoms with Crippen LogP contribution in [0.15, 0.2) is 60.9 Å². The van der Waals surface area contributed by atoms with Gasteiger partial charge in [0.1, 0.15) is 11.6 Å². The second-order valence-corrected chi connectivity index (χ2v) is 8.48. The molecule has 0 aliphatic heterocycles. The lowest BCUT2D eigenvalue weighted by molar-refractivity contribution is -0.123. The highest BCUT2D eigenvalue weighted by atomic mass is 32.1. The molecule has 2 aromatic carbocycles. The lowest BCUT2D eigenvalue weighted by atomic mass is 10.2. The number of esters is 1. The van der Waals surface area contributed by atoms with Crippen LogP contribution in [-0.4, -0.2) is 45.0 Å². The lowest BCUT2D eigenvalue weighted by Crippen LogP contribution is -2.29. The van der Waals surface area contributed by atoms with Gasteiger partial charge in [0.2, 0.25) is 0 Å². The number of pyridine rings is 1. The number of carbonyl (C=O) groups is 2. The molecule has 2 N–H and O–H groups in total. The van der Waals surface area contributed by atoms with Crippen LogP contribution in [-0.2, 0) is 9.53 Å². The van der Waals surface area contributed by atoms with Crippen LogP contribution in [0.4, 0.5) is 5.13 Å². The Kier molecular flexibility index (Phi) is 5.64. The van der Waals surface area contributed by atoms with E-state index in [2.05, 4.69) is 25.3 Å². The van der Waals surface area contributed by atoms with Crippen LogP contribution < -0.4 is 10.1 Å². The number of H-pyrrole nitrogens is 1. The molecule has 1 unspecified atom stereocenters. The molecule has 1 amide bonds. The maximum Gasteiger partial charge on any atom is 0.338 e. The fraction of sp³-hybridized carbons (Fsp3) is 0.125. The smallest absolute Gasteiger partial charge is 0.338 e. The Morgan fingerprint density at radius 2 is 1.94 bits per heavy atom. The van der Waals surface area contributed by atoms with Gasteiger partial charge in [-0.05, 0) is 55.5 Å². The number of fused-ring (bicyclic) bond motifs is 2. The van der Waals surface area contributed by atoms with Crippen molar-refractivity contribution in [1.82, 2.24) is 19.9 Å². The molecule has 34 heavy (non-hydrogen) atoms. The molecule has 5 rings (SSSR count). The first-order chi connectivity index (χ1) is 16.5. The number of methoxy groups -OCH3 is 1. The third-order valence-electron chi connectivity index (χ3n) is 5.13. The summed E-state index contributed by atoms with van der Waals surface area (Å²) in [5.74, 6) is 0.268. The summed E-state index contributed by atoms with van der Waals surface area (Å²) in [6, 6.07) is 14.2. The molecule has 9 nitrogen and oxygen atoms in total. The minimum absolute atomic E-state index is 0.306. The minimum atomic E-state index is -1.02. The Hall–Kier alpha value is -4.31. The highest BCUT2D eigenvalue weighted by Crippen LogP contribution is 2.29. The molecule has 1 atom stereocenters. The number of hydrogen-bond donors (Lipinski definition) is 2. The summed E-state index contributed by atoms with van der Waals surface area (Å²) in [5.41, 5.74) is 3.26. The summed E-state index contributed by atoms with van der Waals surface area (Å²) in [5, 5.41) is 3.12. The monoisotopic (exact) mass is 473 g/mol. The SMILES string of the molecule is COc1ccc2nc(NC(=O)C(C)OC(=O)c3ccc4nc(-c5cccnc5)[nH]c4c3)sc2c1. The van der Waals surface area contributed by atoms with Gasteiger partial charge >= 0.3 is 5.97 Å². The van der Waals surface area contributed by atoms with Crippen LogP contribution in [0.1, 0.15) is 17.3 Å². The van der Waals surface area contributed by atoms with Crippen LogP contribution in [0.25, 0.3) is 32.6 Å². The van der Waals surface area contributed by atoms with Crippen molar-refractivity contribution >= 4 is 49.6 Å². The average molecular weight is 474 g/mol. The fourth-order valence-corrected chi connectivity index (χ4v) is 4.25. The number of thiazole rings is 1. The summed E-state index contributed by atoms with van der Waals surface area (Å²) in [6.45, 7) is 1.51. The second-order valence-electron chi connectivity index (χ2n) is 7.45. The van der Waals surface area contributed by atoms with Crippen molar-refractivity contribution in [2.75, 3.05) is 12.4 Å². The topological polar surface area (TPSA) is 119 Å². The van der Waals surface area contributed by atoms with Crippen molar-refractivity contribution in [3.63, 3.8) is 0 Å². The predicted octanol–water partition coefficient (Wildman–Crippen LogP) is 4.43. The van der Waals surface area contributed by atoms with Gasteiger partial charge in [-0.15, -0.1) is 0 Å². The molecule has 0 aliphatic rings. The number of carbonyl (C=O) groups excluding carboxylic acids is 2. The van der Waals surface area contributed by atoms with E-state index in [4.69, 9.17) is 9.47 Å². The highest BCUT2D eigenvalue weighted by Gasteiger charge is 2.21. The van der Waals surface area contributed by atoms with E-state index in [1.165, 1.54) is 18.3 Å². The standard InChI is InChI=1S/C24H19N5O4S/c1-13(22(30)29-24-28-18-8-6-16(32-2)11-20(18)34-24)33-23(31)14-5-7-17-19(10-14)27-21(26-17)15-4-3-9-25-12-15/h3-13H,1-2H3,(H,26,27)(H,28,29,30). The molecular weight excluding hydrogens is 454 g/mol. The molecule has 0 saturated carbocycles. The summed E-state index contributed by atoms with van der Waals surface area (Å²) in [6.07, 6.45) is 2.37. The second kappa shape index (κ2) is 8.91. The molecule has 0 fully saturated rings. The largest absolute Gasteiger partial charge is 0.497 e. The molecule has 0 spiro atoms. The fourth-order valence-electron chi connectivity index (χ4n) is 3.35. The molecular formula is C24H19N5O4S. The number of nitrogens with zero attached hydrogens (tertiary/aromatic N) is 3. The molecule has 3 aromatic heterocycles. The Balaban J connectivity index is 1.27. The van der Waals surface area contributed by atoms with Crippen molar-refractivity contribution in [3.05, 3.63) is 66.5 Å². The molecule has 10 heteroatoms. The summed E-state index contributed by atoms with van der Waals surface area (Å²) in [7, 11) is 1.59. The molecule has 0 aliphatic carbocycles. The quantitative estimate of drug-likeness (QED) is 0.350. The van der Waals surface area contributed by atoms with Crippen LogP contribution in [0.3, 0.4) is 0 Å². The number of hydrogen-bond acceptors (Lipinski definition) is 8.